The van der Waals surface area contributed by atoms with Gasteiger partial charge in [-0.25, -0.2) is 9.97 Å². The standard InChI is InChI=1S/C110H92N12O6/c1-57-39-63(7)99(64(8)40-57)105-87-27-23-79(111-87)80-24-28-88(112-80)106(100-65(9)41-58(2)42-66(100)10)92-36-32-84(116-92)103(83-31-35-91(105)115-83)73-19-15-71(16-20-73)55-123-109-119-95-53-96(120-109)126-76-48-62(6)50-78(52-76)128-98-54-97(127-77-49-61(5)47-75(51-77)125-95)121-110(122-98)124-56-72-17-21-74(22-18-72)104-85-33-37-93(117-85)107(101-67(11)43-59(3)44-68(101)12)89-29-25-81(113-89)82-26-30-90(114-82)108(94-38-34-86(104)118-94)102-69(13)45-60(4)46-70(102)14/h15-54,111,113,115-118H,55-56H2,1-14H3. The van der Waals surface area contributed by atoms with Gasteiger partial charge in [-0.3, -0.25) is 0 Å². The summed E-state index contributed by atoms with van der Waals surface area (Å²) in [5, 5.41) is 0. The molecule has 0 saturated carbocycles. The summed E-state index contributed by atoms with van der Waals surface area (Å²) in [4.78, 5) is 53.6. The van der Waals surface area contributed by atoms with Gasteiger partial charge >= 0.3 is 12.0 Å². The lowest BCUT2D eigenvalue weighted by molar-refractivity contribution is 0.270. The van der Waals surface area contributed by atoms with Crippen LogP contribution in [0.15, 0.2) is 218 Å². The lowest BCUT2D eigenvalue weighted by atomic mass is 9.92. The van der Waals surface area contributed by atoms with Crippen LogP contribution in [0.4, 0.5) is 0 Å². The molecule has 628 valence electrons. The summed E-state index contributed by atoms with van der Waals surface area (Å²) in [6, 6.07) is 75.3. The molecule has 18 aromatic rings. The molecule has 10 aromatic heterocycles. The van der Waals surface area contributed by atoms with E-state index in [1.807, 2.05) is 38.1 Å². The zero-order valence-electron chi connectivity index (χ0n) is 73.6. The molecule has 8 aromatic carbocycles. The lowest BCUT2D eigenvalue weighted by Crippen LogP contribution is -2.03. The second-order valence-electron chi connectivity index (χ2n) is 34.5. The third-order valence-electron chi connectivity index (χ3n) is 24.3. The van der Waals surface area contributed by atoms with E-state index in [1.165, 1.54) is 77.9 Å². The van der Waals surface area contributed by atoms with E-state index in [2.05, 4.69) is 307 Å². The molecule has 3 aliphatic heterocycles. The van der Waals surface area contributed by atoms with Crippen molar-refractivity contribution >= 4 is 90.5 Å². The molecular formula is C110H92N12O6. The molecule has 0 fully saturated rings. The molecule has 0 atom stereocenters. The Labute approximate surface area is 739 Å². The maximum atomic E-state index is 6.64. The van der Waals surface area contributed by atoms with Crippen LogP contribution in [0.5, 0.6) is 58.5 Å². The van der Waals surface area contributed by atoms with Gasteiger partial charge in [-0.15, -0.1) is 0 Å². The second kappa shape index (κ2) is 31.7. The van der Waals surface area contributed by atoms with E-state index in [4.69, 9.17) is 58.3 Å². The van der Waals surface area contributed by atoms with Gasteiger partial charge in [-0.05, 0) is 318 Å². The number of hydrogen-bond donors (Lipinski definition) is 6. The van der Waals surface area contributed by atoms with Gasteiger partial charge in [0.25, 0.3) is 0 Å². The molecular weight excluding hydrogens is 1590 g/mol. The van der Waals surface area contributed by atoms with Crippen LogP contribution >= 0.6 is 0 Å². The van der Waals surface area contributed by atoms with Gasteiger partial charge in [-0.1, -0.05) is 119 Å². The average molecular weight is 1680 g/mol. The average Bonchev–Trinajstić information content (AvgIpc) is 1.56. The van der Waals surface area contributed by atoms with Crippen LogP contribution < -0.4 is 28.4 Å². The Hall–Kier alpha value is -15.8. The molecule has 18 heteroatoms. The summed E-state index contributed by atoms with van der Waals surface area (Å²) < 4.78 is 39.7. The molecule has 0 radical (unpaired) electrons. The second-order valence-corrected chi connectivity index (χ2v) is 34.5. The highest BCUT2D eigenvalue weighted by Crippen LogP contribution is 2.46. The fraction of sp³-hybridized carbons (Fsp3) is 0.145. The monoisotopic (exact) mass is 1680 g/mol. The van der Waals surface area contributed by atoms with Gasteiger partial charge in [0.2, 0.25) is 23.5 Å². The first-order chi connectivity index (χ1) is 62.0. The first-order valence-electron chi connectivity index (χ1n) is 43.2. The summed E-state index contributed by atoms with van der Waals surface area (Å²) in [6.07, 6.45) is 8.52. The first-order valence-corrected chi connectivity index (χ1v) is 43.2. The van der Waals surface area contributed by atoms with Crippen molar-refractivity contribution in [2.75, 3.05) is 0 Å². The molecule has 0 aliphatic carbocycles. The van der Waals surface area contributed by atoms with E-state index < -0.39 is 0 Å². The van der Waals surface area contributed by atoms with Crippen LogP contribution in [0.25, 0.3) is 157 Å². The molecule has 0 saturated heterocycles. The maximum absolute atomic E-state index is 6.64. The zero-order chi connectivity index (χ0) is 87.6. The van der Waals surface area contributed by atoms with Crippen LogP contribution in [0.2, 0.25) is 0 Å². The van der Waals surface area contributed by atoms with Crippen molar-refractivity contribution < 1.29 is 28.4 Å². The zero-order valence-corrected chi connectivity index (χ0v) is 73.6. The number of benzene rings is 8. The Morgan fingerprint density at radius 2 is 0.438 bits per heavy atom. The molecule has 128 heavy (non-hydrogen) atoms. The molecule has 0 amide bonds. The van der Waals surface area contributed by atoms with E-state index in [1.54, 1.807) is 24.3 Å². The maximum Gasteiger partial charge on any atom is 0.323 e. The van der Waals surface area contributed by atoms with Crippen LogP contribution in [-0.4, -0.2) is 59.8 Å². The third kappa shape index (κ3) is 15.2. The Morgan fingerprint density at radius 3 is 0.719 bits per heavy atom. The molecule has 24 bridgehead atoms. The summed E-state index contributed by atoms with van der Waals surface area (Å²) in [5.74, 6) is 2.33. The molecule has 18 nitrogen and oxygen atoms in total. The van der Waals surface area contributed by atoms with Crippen molar-refractivity contribution in [2.24, 2.45) is 0 Å². The van der Waals surface area contributed by atoms with Crippen molar-refractivity contribution in [1.82, 2.24) is 59.8 Å². The minimum Gasteiger partial charge on any atom is -0.458 e. The smallest absolute Gasteiger partial charge is 0.323 e. The normalized spacial score (nSPS) is 12.2. The van der Waals surface area contributed by atoms with Crippen LogP contribution in [0.3, 0.4) is 0 Å². The van der Waals surface area contributed by atoms with Crippen molar-refractivity contribution in [2.45, 2.75) is 110 Å². The van der Waals surface area contributed by atoms with Crippen LogP contribution in [0, 0.1) is 96.9 Å². The SMILES string of the molecule is Cc1cc2cc(c1)Oc1cc(nc(OCc3ccc(-c4c5ccc([nH]5)c(-c5c(C)cc(C)cc5C)c5nc(c6ccc([nH]6)c(-c6c(C)cc(C)cc6C)c6ccc4[nH]6)C=C5)cc3)n1)Oc1cc(C)cc(c1)Oc1cc(nc(OCc3ccc(-c4c5ccc([nH]5)c(-c5c(C)cc(C)cc5C)c5nc(c6ccc([nH]6)c(-c6c(C)cc(C)cc6C)c6ccc4[nH]6)C=C5)cc3)n1)O2. The quantitative estimate of drug-likeness (QED) is 0.0671. The number of ether oxygens (including phenoxy) is 6. The number of aromatic amines is 6. The molecule has 21 rings (SSSR count). The topological polar surface area (TPSA) is 227 Å². The largest absolute Gasteiger partial charge is 0.458 e. The Balaban J connectivity index is 0.587. The van der Waals surface area contributed by atoms with E-state index in [0.717, 1.165) is 167 Å². The van der Waals surface area contributed by atoms with Gasteiger partial charge < -0.3 is 58.3 Å². The van der Waals surface area contributed by atoms with Gasteiger partial charge in [0.05, 0.1) is 45.9 Å². The number of fused-ring (bicyclic) bond motifs is 26. The number of rotatable bonds is 12. The number of hydrogen-bond acceptors (Lipinski definition) is 12. The van der Waals surface area contributed by atoms with Gasteiger partial charge in [0.1, 0.15) is 36.2 Å². The van der Waals surface area contributed by atoms with Crippen molar-refractivity contribution in [3.8, 4) is 125 Å². The predicted molar refractivity (Wildman–Crippen MR) is 515 cm³/mol. The van der Waals surface area contributed by atoms with E-state index in [-0.39, 0.29) is 48.8 Å². The van der Waals surface area contributed by atoms with E-state index >= 15 is 0 Å². The summed E-state index contributed by atoms with van der Waals surface area (Å²) in [5.41, 5.74) is 45.3. The lowest BCUT2D eigenvalue weighted by Gasteiger charge is -2.15. The number of aryl methyl sites for hydroxylation is 14. The highest BCUT2D eigenvalue weighted by Gasteiger charge is 2.25. The number of nitrogens with one attached hydrogen (secondary N) is 6. The Morgan fingerprint density at radius 1 is 0.211 bits per heavy atom. The molecule has 6 N–H and O–H groups in total. The number of aromatic nitrogens is 12. The molecule has 3 aliphatic rings. The van der Waals surface area contributed by atoms with Crippen molar-refractivity contribution in [3.63, 3.8) is 0 Å². The fourth-order valence-corrected chi connectivity index (χ4v) is 19.4. The van der Waals surface area contributed by atoms with Gasteiger partial charge in [0.15, 0.2) is 0 Å². The highest BCUT2D eigenvalue weighted by molar-refractivity contribution is 6.05. The first kappa shape index (κ1) is 79.4. The van der Waals surface area contributed by atoms with Crippen molar-refractivity contribution in [1.29, 1.82) is 0 Å². The molecule has 0 spiro atoms. The van der Waals surface area contributed by atoms with Crippen LogP contribution in [-0.2, 0) is 13.2 Å². The van der Waals surface area contributed by atoms with Gasteiger partial charge in [-0.2, -0.15) is 19.9 Å². The minimum atomic E-state index is 0.0236. The highest BCUT2D eigenvalue weighted by atomic mass is 16.5. The summed E-state index contributed by atoms with van der Waals surface area (Å²) in [6.45, 7) is 30.3. The van der Waals surface area contributed by atoms with Crippen LogP contribution in [0.1, 0.15) is 112 Å². The summed E-state index contributed by atoms with van der Waals surface area (Å²) in [7, 11) is 0. The molecule has 13 heterocycles. The summed E-state index contributed by atoms with van der Waals surface area (Å²) >= 11 is 0. The predicted octanol–water partition coefficient (Wildman–Crippen LogP) is 28.2. The van der Waals surface area contributed by atoms with Gasteiger partial charge in [0, 0.05) is 101 Å². The Kier molecular flexibility index (Phi) is 19.7. The minimum absolute atomic E-state index is 0.0236. The number of H-pyrrole nitrogens is 6. The van der Waals surface area contributed by atoms with E-state index in [0.29, 0.717) is 23.0 Å². The Bertz CT molecular complexity index is 7360. The van der Waals surface area contributed by atoms with E-state index in [9.17, 15) is 0 Å². The molecule has 0 unspecified atom stereocenters. The third-order valence-corrected chi connectivity index (χ3v) is 24.3. The number of nitrogens with zero attached hydrogens (tertiary/aromatic N) is 6. The fourth-order valence-electron chi connectivity index (χ4n) is 19.4. The van der Waals surface area contributed by atoms with Crippen molar-refractivity contribution in [3.05, 3.63) is 330 Å².